The largest absolute Gasteiger partial charge is 0.493 e. The van der Waals surface area contributed by atoms with Gasteiger partial charge in [0, 0.05) is 18.6 Å². The second kappa shape index (κ2) is 5.30. The summed E-state index contributed by atoms with van der Waals surface area (Å²) in [6.45, 7) is 1.50. The van der Waals surface area contributed by atoms with E-state index in [9.17, 15) is 10.1 Å². The molecule has 0 heterocycles. The molecule has 0 fully saturated rings. The van der Waals surface area contributed by atoms with Crippen molar-refractivity contribution in [1.29, 1.82) is 0 Å². The number of methoxy groups -OCH3 is 2. The molecule has 0 aliphatic heterocycles. The third-order valence-electron chi connectivity index (χ3n) is 3.43. The normalized spacial score (nSPS) is 14.2. The topological polar surface area (TPSA) is 61.6 Å². The predicted octanol–water partition coefficient (Wildman–Crippen LogP) is 2.83. The first kappa shape index (κ1) is 13.4. The number of nitrogens with zero attached hydrogens (tertiary/aromatic N) is 1. The molecule has 102 valence electrons. The van der Waals surface area contributed by atoms with Gasteiger partial charge in [-0.3, -0.25) is 10.1 Å². The van der Waals surface area contributed by atoms with Gasteiger partial charge in [-0.2, -0.15) is 0 Å². The minimum atomic E-state index is -0.377. The molecule has 2 rings (SSSR count). The third-order valence-corrected chi connectivity index (χ3v) is 3.43. The van der Waals surface area contributed by atoms with Crippen molar-refractivity contribution in [3.63, 3.8) is 0 Å². The summed E-state index contributed by atoms with van der Waals surface area (Å²) in [6.07, 6.45) is 4.49. The van der Waals surface area contributed by atoms with Crippen LogP contribution >= 0.6 is 0 Å². The molecule has 0 atom stereocenters. The lowest BCUT2D eigenvalue weighted by atomic mass is 10.0. The van der Waals surface area contributed by atoms with Gasteiger partial charge in [-0.25, -0.2) is 0 Å². The summed E-state index contributed by atoms with van der Waals surface area (Å²) in [5, 5.41) is 10.8. The molecular weight excluding hydrogens is 246 g/mol. The van der Waals surface area contributed by atoms with Gasteiger partial charge >= 0.3 is 0 Å². The van der Waals surface area contributed by atoms with E-state index in [1.54, 1.807) is 20.3 Å². The van der Waals surface area contributed by atoms with Crippen LogP contribution in [0.3, 0.4) is 0 Å². The van der Waals surface area contributed by atoms with Gasteiger partial charge in [-0.1, -0.05) is 0 Å². The van der Waals surface area contributed by atoms with Crippen LogP contribution in [0, 0.1) is 10.1 Å². The number of allylic oxidation sites excluding steroid dienone is 1. The van der Waals surface area contributed by atoms with Crippen molar-refractivity contribution in [2.75, 3.05) is 14.2 Å². The lowest BCUT2D eigenvalue weighted by Crippen LogP contribution is -2.00. The second-order valence-electron chi connectivity index (χ2n) is 4.55. The molecule has 1 aromatic carbocycles. The zero-order valence-corrected chi connectivity index (χ0v) is 11.4. The van der Waals surface area contributed by atoms with Gasteiger partial charge in [0.25, 0.3) is 0 Å². The molecule has 0 saturated carbocycles. The first-order chi connectivity index (χ1) is 9.08. The van der Waals surface area contributed by atoms with Crippen LogP contribution in [0.1, 0.15) is 30.0 Å². The SMILES string of the molecule is COc1cc(/C=C(\C)[N+](=O)[O-])c2c(c1OC)CCC2. The minimum Gasteiger partial charge on any atom is -0.493 e. The van der Waals surface area contributed by atoms with Gasteiger partial charge in [-0.15, -0.1) is 0 Å². The Kier molecular flexibility index (Phi) is 3.74. The van der Waals surface area contributed by atoms with Crippen molar-refractivity contribution in [1.82, 2.24) is 0 Å². The highest BCUT2D eigenvalue weighted by Crippen LogP contribution is 2.41. The molecule has 0 amide bonds. The molecule has 0 unspecified atom stereocenters. The molecule has 0 bridgehead atoms. The molecule has 0 radical (unpaired) electrons. The Morgan fingerprint density at radius 2 is 2.00 bits per heavy atom. The van der Waals surface area contributed by atoms with Crippen molar-refractivity contribution in [3.05, 3.63) is 38.6 Å². The van der Waals surface area contributed by atoms with Crippen LogP contribution in [0.15, 0.2) is 11.8 Å². The number of fused-ring (bicyclic) bond motifs is 1. The smallest absolute Gasteiger partial charge is 0.243 e. The van der Waals surface area contributed by atoms with E-state index in [4.69, 9.17) is 9.47 Å². The van der Waals surface area contributed by atoms with Crippen LogP contribution in [0.25, 0.3) is 6.08 Å². The summed E-state index contributed by atoms with van der Waals surface area (Å²) in [5.41, 5.74) is 3.24. The van der Waals surface area contributed by atoms with Gasteiger partial charge in [0.2, 0.25) is 5.70 Å². The van der Waals surface area contributed by atoms with Crippen molar-refractivity contribution < 1.29 is 14.4 Å². The summed E-state index contributed by atoms with van der Waals surface area (Å²) >= 11 is 0. The minimum absolute atomic E-state index is 0.126. The number of benzene rings is 1. The Hall–Kier alpha value is -2.04. The molecular formula is C14H17NO4. The van der Waals surface area contributed by atoms with E-state index >= 15 is 0 Å². The van der Waals surface area contributed by atoms with E-state index < -0.39 is 0 Å². The number of nitro groups is 1. The summed E-state index contributed by atoms with van der Waals surface area (Å²) in [6, 6.07) is 1.82. The Balaban J connectivity index is 2.60. The number of hydrogen-bond donors (Lipinski definition) is 0. The monoisotopic (exact) mass is 263 g/mol. The lowest BCUT2D eigenvalue weighted by Gasteiger charge is -2.14. The molecule has 5 nitrogen and oxygen atoms in total. The Morgan fingerprint density at radius 3 is 2.58 bits per heavy atom. The van der Waals surface area contributed by atoms with Crippen LogP contribution in [0.5, 0.6) is 11.5 Å². The molecule has 0 N–H and O–H groups in total. The van der Waals surface area contributed by atoms with E-state index in [1.165, 1.54) is 6.92 Å². The molecule has 5 heteroatoms. The predicted molar refractivity (Wildman–Crippen MR) is 72.2 cm³/mol. The molecule has 0 aromatic heterocycles. The van der Waals surface area contributed by atoms with Crippen LogP contribution in [-0.4, -0.2) is 19.1 Å². The molecule has 19 heavy (non-hydrogen) atoms. The van der Waals surface area contributed by atoms with E-state index in [-0.39, 0.29) is 10.6 Å². The van der Waals surface area contributed by atoms with E-state index in [0.29, 0.717) is 5.75 Å². The maximum absolute atomic E-state index is 10.8. The van der Waals surface area contributed by atoms with Crippen LogP contribution in [0.2, 0.25) is 0 Å². The highest BCUT2D eigenvalue weighted by Gasteiger charge is 2.23. The van der Waals surface area contributed by atoms with Gasteiger partial charge in [0.15, 0.2) is 11.5 Å². The number of rotatable bonds is 4. The highest BCUT2D eigenvalue weighted by atomic mass is 16.6. The molecule has 1 aliphatic rings. The number of ether oxygens (including phenoxy) is 2. The zero-order chi connectivity index (χ0) is 14.0. The molecule has 1 aromatic rings. The van der Waals surface area contributed by atoms with Crippen molar-refractivity contribution in [2.24, 2.45) is 0 Å². The molecule has 0 spiro atoms. The average Bonchev–Trinajstić information content (AvgIpc) is 2.87. The van der Waals surface area contributed by atoms with Gasteiger partial charge < -0.3 is 9.47 Å². The van der Waals surface area contributed by atoms with Gasteiger partial charge in [0.1, 0.15) is 0 Å². The maximum atomic E-state index is 10.8. The highest BCUT2D eigenvalue weighted by molar-refractivity contribution is 5.66. The van der Waals surface area contributed by atoms with E-state index in [1.807, 2.05) is 6.07 Å². The van der Waals surface area contributed by atoms with Gasteiger partial charge in [-0.05, 0) is 36.5 Å². The lowest BCUT2D eigenvalue weighted by molar-refractivity contribution is -0.422. The van der Waals surface area contributed by atoms with Crippen molar-refractivity contribution >= 4 is 6.08 Å². The molecule has 1 aliphatic carbocycles. The Labute approximate surface area is 112 Å². The Bertz CT molecular complexity index is 549. The summed E-state index contributed by atoms with van der Waals surface area (Å²) < 4.78 is 10.7. The summed E-state index contributed by atoms with van der Waals surface area (Å²) in [7, 11) is 3.20. The van der Waals surface area contributed by atoms with Crippen molar-refractivity contribution in [2.45, 2.75) is 26.2 Å². The maximum Gasteiger partial charge on any atom is 0.243 e. The zero-order valence-electron chi connectivity index (χ0n) is 11.4. The van der Waals surface area contributed by atoms with Crippen molar-refractivity contribution in [3.8, 4) is 11.5 Å². The van der Waals surface area contributed by atoms with Crippen LogP contribution in [-0.2, 0) is 12.8 Å². The van der Waals surface area contributed by atoms with Gasteiger partial charge in [0.05, 0.1) is 19.1 Å². The Morgan fingerprint density at radius 1 is 1.32 bits per heavy atom. The molecule has 0 saturated heterocycles. The fourth-order valence-corrected chi connectivity index (χ4v) is 2.54. The quantitative estimate of drug-likeness (QED) is 0.619. The fourth-order valence-electron chi connectivity index (χ4n) is 2.54. The first-order valence-electron chi connectivity index (χ1n) is 6.18. The standard InChI is InChI=1S/C14H17NO4/c1-9(15(16)17)7-10-8-13(18-2)14(19-3)12-6-4-5-11(10)12/h7-8H,4-6H2,1-3H3/b9-7+. The van der Waals surface area contributed by atoms with E-state index in [0.717, 1.165) is 41.7 Å². The first-order valence-corrected chi connectivity index (χ1v) is 6.18. The third kappa shape index (κ3) is 2.41. The summed E-state index contributed by atoms with van der Waals surface area (Å²) in [4.78, 5) is 10.4. The summed E-state index contributed by atoms with van der Waals surface area (Å²) in [5.74, 6) is 1.39. The van der Waals surface area contributed by atoms with Crippen LogP contribution in [0.4, 0.5) is 0 Å². The van der Waals surface area contributed by atoms with E-state index in [2.05, 4.69) is 0 Å². The second-order valence-corrected chi connectivity index (χ2v) is 4.55. The fraction of sp³-hybridized carbons (Fsp3) is 0.429. The average molecular weight is 263 g/mol. The number of hydrogen-bond acceptors (Lipinski definition) is 4. The van der Waals surface area contributed by atoms with Crippen LogP contribution < -0.4 is 9.47 Å².